The summed E-state index contributed by atoms with van der Waals surface area (Å²) in [5.41, 5.74) is 3.00. The number of nitrogens with zero attached hydrogens (tertiary/aromatic N) is 1. The summed E-state index contributed by atoms with van der Waals surface area (Å²) in [6, 6.07) is 10.6. The molecule has 0 radical (unpaired) electrons. The number of hydrogen-bond acceptors (Lipinski definition) is 3. The number of halogens is 2. The number of fused-ring (bicyclic) bond motifs is 1. The van der Waals surface area contributed by atoms with Gasteiger partial charge in [-0.05, 0) is 47.9 Å². The van der Waals surface area contributed by atoms with Crippen LogP contribution in [0.3, 0.4) is 0 Å². The van der Waals surface area contributed by atoms with Crippen LogP contribution in [0, 0.1) is 5.82 Å². The Kier molecular flexibility index (Phi) is 8.56. The van der Waals surface area contributed by atoms with Crippen molar-refractivity contribution in [1.29, 1.82) is 0 Å². The van der Waals surface area contributed by atoms with E-state index in [1.807, 2.05) is 24.4 Å². The second-order valence-corrected chi connectivity index (χ2v) is 6.30. The standard InChI is InChI=1S/C21H25FN4O2.HI/c1-23-21(26-12-14-4-7-19(27-2)20(10-14)28-3)24-9-8-15-13-25-18-11-16(22)5-6-17(15)18;/h4-7,10-11,13,25H,8-9,12H2,1-3H3,(H2,23,24,26);1H. The zero-order valence-corrected chi connectivity index (χ0v) is 19.0. The second-order valence-electron chi connectivity index (χ2n) is 6.30. The highest BCUT2D eigenvalue weighted by molar-refractivity contribution is 14.0. The van der Waals surface area contributed by atoms with Gasteiger partial charge in [0.15, 0.2) is 17.5 Å². The first-order chi connectivity index (χ1) is 13.6. The number of methoxy groups -OCH3 is 2. The van der Waals surface area contributed by atoms with Gasteiger partial charge in [-0.3, -0.25) is 4.99 Å². The minimum absolute atomic E-state index is 0. The molecule has 6 nitrogen and oxygen atoms in total. The Labute approximate surface area is 186 Å². The van der Waals surface area contributed by atoms with E-state index in [1.165, 1.54) is 12.1 Å². The molecule has 0 unspecified atom stereocenters. The van der Waals surface area contributed by atoms with Gasteiger partial charge >= 0.3 is 0 Å². The van der Waals surface area contributed by atoms with E-state index in [2.05, 4.69) is 20.6 Å². The van der Waals surface area contributed by atoms with Gasteiger partial charge in [-0.1, -0.05) is 6.07 Å². The molecule has 0 amide bonds. The fourth-order valence-corrected chi connectivity index (χ4v) is 3.08. The molecule has 3 N–H and O–H groups in total. The highest BCUT2D eigenvalue weighted by Gasteiger charge is 2.07. The quantitative estimate of drug-likeness (QED) is 0.256. The number of H-pyrrole nitrogens is 1. The molecule has 1 aromatic heterocycles. The molecule has 0 bridgehead atoms. The highest BCUT2D eigenvalue weighted by Crippen LogP contribution is 2.27. The van der Waals surface area contributed by atoms with Crippen LogP contribution in [-0.2, 0) is 13.0 Å². The van der Waals surface area contributed by atoms with Crippen molar-refractivity contribution in [3.63, 3.8) is 0 Å². The van der Waals surface area contributed by atoms with Crippen molar-refractivity contribution in [2.75, 3.05) is 27.8 Å². The minimum Gasteiger partial charge on any atom is -0.493 e. The third-order valence-electron chi connectivity index (χ3n) is 4.55. The van der Waals surface area contributed by atoms with Crippen LogP contribution in [0.5, 0.6) is 11.5 Å². The van der Waals surface area contributed by atoms with Crippen LogP contribution < -0.4 is 20.1 Å². The number of guanidine groups is 1. The number of rotatable bonds is 7. The SMILES string of the molecule is CN=C(NCCc1c[nH]c2cc(F)ccc12)NCc1ccc(OC)c(OC)c1.I. The summed E-state index contributed by atoms with van der Waals surface area (Å²) in [5.74, 6) is 1.87. The van der Waals surface area contributed by atoms with Gasteiger partial charge in [-0.2, -0.15) is 0 Å². The van der Waals surface area contributed by atoms with E-state index in [9.17, 15) is 4.39 Å². The van der Waals surface area contributed by atoms with E-state index >= 15 is 0 Å². The minimum atomic E-state index is -0.237. The van der Waals surface area contributed by atoms with Crippen LogP contribution in [0.4, 0.5) is 4.39 Å². The fourth-order valence-electron chi connectivity index (χ4n) is 3.08. The first-order valence-electron chi connectivity index (χ1n) is 9.05. The third kappa shape index (κ3) is 5.75. The maximum absolute atomic E-state index is 13.3. The average molecular weight is 512 g/mol. The lowest BCUT2D eigenvalue weighted by Gasteiger charge is -2.13. The molecule has 1 heterocycles. The molecule has 29 heavy (non-hydrogen) atoms. The van der Waals surface area contributed by atoms with Crippen molar-refractivity contribution in [2.45, 2.75) is 13.0 Å². The lowest BCUT2D eigenvalue weighted by molar-refractivity contribution is 0.354. The monoisotopic (exact) mass is 512 g/mol. The van der Waals surface area contributed by atoms with Crippen molar-refractivity contribution in [3.05, 3.63) is 59.5 Å². The number of aromatic amines is 1. The Hall–Kier alpha value is -2.49. The molecule has 0 aliphatic heterocycles. The van der Waals surface area contributed by atoms with Crippen molar-refractivity contribution < 1.29 is 13.9 Å². The molecule has 2 aromatic carbocycles. The molecule has 3 aromatic rings. The molecule has 8 heteroatoms. The Morgan fingerprint density at radius 3 is 2.59 bits per heavy atom. The maximum atomic E-state index is 13.3. The van der Waals surface area contributed by atoms with E-state index in [0.717, 1.165) is 28.5 Å². The second kappa shape index (κ2) is 10.9. The number of nitrogens with one attached hydrogen (secondary N) is 3. The summed E-state index contributed by atoms with van der Waals surface area (Å²) in [7, 11) is 4.97. The Morgan fingerprint density at radius 1 is 1.07 bits per heavy atom. The highest BCUT2D eigenvalue weighted by atomic mass is 127. The lowest BCUT2D eigenvalue weighted by atomic mass is 10.1. The van der Waals surface area contributed by atoms with Crippen LogP contribution in [0.2, 0.25) is 0 Å². The molecule has 0 aliphatic carbocycles. The van der Waals surface area contributed by atoms with Crippen LogP contribution in [-0.4, -0.2) is 38.8 Å². The van der Waals surface area contributed by atoms with Crippen LogP contribution in [0.25, 0.3) is 10.9 Å². The molecule has 0 fully saturated rings. The summed E-state index contributed by atoms with van der Waals surface area (Å²) in [5, 5.41) is 7.62. The van der Waals surface area contributed by atoms with Gasteiger partial charge in [-0.25, -0.2) is 4.39 Å². The third-order valence-corrected chi connectivity index (χ3v) is 4.55. The maximum Gasteiger partial charge on any atom is 0.191 e. The molecule has 0 saturated heterocycles. The van der Waals surface area contributed by atoms with Crippen molar-refractivity contribution in [3.8, 4) is 11.5 Å². The van der Waals surface area contributed by atoms with Gasteiger partial charge < -0.3 is 25.1 Å². The molecule has 0 saturated carbocycles. The van der Waals surface area contributed by atoms with E-state index in [0.29, 0.717) is 30.5 Å². The number of hydrogen-bond donors (Lipinski definition) is 3. The molecule has 0 spiro atoms. The average Bonchev–Trinajstić information content (AvgIpc) is 3.12. The van der Waals surface area contributed by atoms with Crippen molar-refractivity contribution in [2.24, 2.45) is 4.99 Å². The first-order valence-corrected chi connectivity index (χ1v) is 9.05. The van der Waals surface area contributed by atoms with Crippen molar-refractivity contribution >= 4 is 40.8 Å². The van der Waals surface area contributed by atoms with Gasteiger partial charge in [0.1, 0.15) is 5.82 Å². The zero-order chi connectivity index (χ0) is 19.9. The number of benzene rings is 2. The molecule has 0 atom stereocenters. The van der Waals surface area contributed by atoms with Crippen LogP contribution >= 0.6 is 24.0 Å². The zero-order valence-electron chi connectivity index (χ0n) is 16.7. The summed E-state index contributed by atoms with van der Waals surface area (Å²) in [4.78, 5) is 7.37. The molecule has 3 rings (SSSR count). The summed E-state index contributed by atoms with van der Waals surface area (Å²) in [6.45, 7) is 1.31. The Morgan fingerprint density at radius 2 is 1.86 bits per heavy atom. The van der Waals surface area contributed by atoms with Gasteiger partial charge in [0.2, 0.25) is 0 Å². The first kappa shape index (κ1) is 22.8. The van der Waals surface area contributed by atoms with Crippen LogP contribution in [0.1, 0.15) is 11.1 Å². The molecule has 0 aliphatic rings. The summed E-state index contributed by atoms with van der Waals surface area (Å²) < 4.78 is 23.9. The summed E-state index contributed by atoms with van der Waals surface area (Å²) >= 11 is 0. The number of aliphatic imine (C=N–C) groups is 1. The topological polar surface area (TPSA) is 70.7 Å². The van der Waals surface area contributed by atoms with Gasteiger partial charge in [0.25, 0.3) is 0 Å². The largest absolute Gasteiger partial charge is 0.493 e. The lowest BCUT2D eigenvalue weighted by Crippen LogP contribution is -2.37. The Balaban J connectivity index is 0.00000300. The van der Waals surface area contributed by atoms with Crippen molar-refractivity contribution in [1.82, 2.24) is 15.6 Å². The molecular weight excluding hydrogens is 486 g/mol. The van der Waals surface area contributed by atoms with E-state index in [1.54, 1.807) is 27.3 Å². The normalized spacial score (nSPS) is 11.1. The number of aromatic nitrogens is 1. The van der Waals surface area contributed by atoms with Gasteiger partial charge in [0, 0.05) is 37.2 Å². The summed E-state index contributed by atoms with van der Waals surface area (Å²) in [6.07, 6.45) is 2.72. The number of ether oxygens (including phenoxy) is 2. The smallest absolute Gasteiger partial charge is 0.191 e. The van der Waals surface area contributed by atoms with Gasteiger partial charge in [0.05, 0.1) is 14.2 Å². The van der Waals surface area contributed by atoms with E-state index in [4.69, 9.17) is 9.47 Å². The van der Waals surface area contributed by atoms with E-state index < -0.39 is 0 Å². The molecular formula is C21H26FIN4O2. The predicted molar refractivity (Wildman–Crippen MR) is 125 cm³/mol. The predicted octanol–water partition coefficient (Wildman–Crippen LogP) is 3.85. The molecule has 156 valence electrons. The van der Waals surface area contributed by atoms with Crippen LogP contribution in [0.15, 0.2) is 47.6 Å². The van der Waals surface area contributed by atoms with Gasteiger partial charge in [-0.15, -0.1) is 24.0 Å². The Bertz CT molecular complexity index is 974. The van der Waals surface area contributed by atoms with E-state index in [-0.39, 0.29) is 29.8 Å². The fraction of sp³-hybridized carbons (Fsp3) is 0.286.